The molecule has 1 amide bonds. The zero-order valence-corrected chi connectivity index (χ0v) is 14.6. The van der Waals surface area contributed by atoms with Crippen molar-refractivity contribution in [3.05, 3.63) is 30.3 Å². The molecule has 132 valence electrons. The molecule has 0 aromatic heterocycles. The molecule has 2 saturated heterocycles. The van der Waals surface area contributed by atoms with Gasteiger partial charge in [0, 0.05) is 57.9 Å². The Morgan fingerprint density at radius 1 is 1.00 bits per heavy atom. The minimum atomic E-state index is 0.316. The molecule has 2 fully saturated rings. The van der Waals surface area contributed by atoms with Crippen molar-refractivity contribution in [1.29, 1.82) is 0 Å². The maximum absolute atomic E-state index is 12.4. The SMILES string of the molecule is NCC1CCN(C(=O)CCN2CCN(c3ccccc3)CC2)CC1. The molecule has 2 heterocycles. The molecule has 0 spiro atoms. The van der Waals surface area contributed by atoms with Crippen molar-refractivity contribution in [1.82, 2.24) is 9.80 Å². The van der Waals surface area contributed by atoms with E-state index in [9.17, 15) is 4.79 Å². The number of hydrogen-bond donors (Lipinski definition) is 1. The highest BCUT2D eigenvalue weighted by atomic mass is 16.2. The minimum absolute atomic E-state index is 0.316. The first-order chi connectivity index (χ1) is 11.8. The number of hydrogen-bond acceptors (Lipinski definition) is 4. The normalized spacial score (nSPS) is 20.4. The first-order valence-electron chi connectivity index (χ1n) is 9.26. The van der Waals surface area contributed by atoms with E-state index in [1.807, 2.05) is 4.90 Å². The molecule has 0 unspecified atom stereocenters. The highest BCUT2D eigenvalue weighted by Crippen LogP contribution is 2.18. The smallest absolute Gasteiger partial charge is 0.223 e. The van der Waals surface area contributed by atoms with E-state index in [1.165, 1.54) is 5.69 Å². The lowest BCUT2D eigenvalue weighted by Crippen LogP contribution is -2.48. The summed E-state index contributed by atoms with van der Waals surface area (Å²) in [7, 11) is 0. The molecule has 3 rings (SSSR count). The Balaban J connectivity index is 1.37. The molecule has 1 aromatic carbocycles. The van der Waals surface area contributed by atoms with Gasteiger partial charge in [-0.25, -0.2) is 0 Å². The number of carbonyl (C=O) groups is 1. The number of nitrogens with zero attached hydrogens (tertiary/aromatic N) is 3. The summed E-state index contributed by atoms with van der Waals surface area (Å²) in [5.41, 5.74) is 7.02. The van der Waals surface area contributed by atoms with Crippen LogP contribution in [0.15, 0.2) is 30.3 Å². The molecule has 0 saturated carbocycles. The van der Waals surface area contributed by atoms with Crippen molar-refractivity contribution in [2.24, 2.45) is 11.7 Å². The maximum atomic E-state index is 12.4. The summed E-state index contributed by atoms with van der Waals surface area (Å²) in [4.78, 5) is 19.3. The van der Waals surface area contributed by atoms with Crippen molar-refractivity contribution in [3.63, 3.8) is 0 Å². The molecule has 0 aliphatic carbocycles. The van der Waals surface area contributed by atoms with Crippen LogP contribution in [-0.2, 0) is 4.79 Å². The molecular formula is C19H30N4O. The number of rotatable bonds is 5. The Morgan fingerprint density at radius 3 is 2.29 bits per heavy atom. The van der Waals surface area contributed by atoms with Crippen molar-refractivity contribution in [2.75, 3.05) is 57.3 Å². The van der Waals surface area contributed by atoms with Crippen molar-refractivity contribution in [2.45, 2.75) is 19.3 Å². The number of para-hydroxylation sites is 1. The number of benzene rings is 1. The second-order valence-corrected chi connectivity index (χ2v) is 6.97. The molecule has 0 bridgehead atoms. The van der Waals surface area contributed by atoms with Crippen molar-refractivity contribution in [3.8, 4) is 0 Å². The van der Waals surface area contributed by atoms with Gasteiger partial charge in [-0.2, -0.15) is 0 Å². The van der Waals surface area contributed by atoms with E-state index in [1.54, 1.807) is 0 Å². The highest BCUT2D eigenvalue weighted by Gasteiger charge is 2.23. The second-order valence-electron chi connectivity index (χ2n) is 6.97. The molecule has 5 nitrogen and oxygen atoms in total. The van der Waals surface area contributed by atoms with Gasteiger partial charge < -0.3 is 15.5 Å². The fraction of sp³-hybridized carbons (Fsp3) is 0.632. The van der Waals surface area contributed by atoms with Gasteiger partial charge in [0.2, 0.25) is 5.91 Å². The molecule has 0 radical (unpaired) electrons. The molecule has 0 atom stereocenters. The largest absolute Gasteiger partial charge is 0.369 e. The van der Waals surface area contributed by atoms with Gasteiger partial charge in [0.1, 0.15) is 0 Å². The zero-order valence-electron chi connectivity index (χ0n) is 14.6. The van der Waals surface area contributed by atoms with Gasteiger partial charge in [-0.3, -0.25) is 9.69 Å². The van der Waals surface area contributed by atoms with Gasteiger partial charge >= 0.3 is 0 Å². The number of piperidine rings is 1. The predicted octanol–water partition coefficient (Wildman–Crippen LogP) is 1.40. The number of piperazine rings is 1. The standard InChI is InChI=1S/C19H30N4O/c20-16-17-6-10-23(11-7-17)19(24)8-9-21-12-14-22(15-13-21)18-4-2-1-3-5-18/h1-5,17H,6-16,20H2. The van der Waals surface area contributed by atoms with E-state index >= 15 is 0 Å². The van der Waals surface area contributed by atoms with E-state index in [2.05, 4.69) is 40.1 Å². The van der Waals surface area contributed by atoms with Gasteiger partial charge in [-0.1, -0.05) is 18.2 Å². The van der Waals surface area contributed by atoms with Crippen LogP contribution in [0.5, 0.6) is 0 Å². The molecule has 24 heavy (non-hydrogen) atoms. The Bertz CT molecular complexity index is 505. The topological polar surface area (TPSA) is 52.8 Å². The van der Waals surface area contributed by atoms with Crippen LogP contribution in [-0.4, -0.2) is 68.1 Å². The van der Waals surface area contributed by atoms with Gasteiger partial charge in [0.25, 0.3) is 0 Å². The molecule has 2 aliphatic rings. The summed E-state index contributed by atoms with van der Waals surface area (Å²) >= 11 is 0. The zero-order chi connectivity index (χ0) is 16.8. The van der Waals surface area contributed by atoms with Crippen LogP contribution in [0.4, 0.5) is 5.69 Å². The average molecular weight is 330 g/mol. The van der Waals surface area contributed by atoms with Crippen LogP contribution in [0.25, 0.3) is 0 Å². The van der Waals surface area contributed by atoms with E-state index in [-0.39, 0.29) is 0 Å². The number of nitrogens with two attached hydrogens (primary N) is 1. The third kappa shape index (κ3) is 4.48. The third-order valence-electron chi connectivity index (χ3n) is 5.44. The van der Waals surface area contributed by atoms with E-state index in [4.69, 9.17) is 5.73 Å². The summed E-state index contributed by atoms with van der Waals surface area (Å²) in [5, 5.41) is 0. The Kier molecular flexibility index (Phi) is 6.10. The van der Waals surface area contributed by atoms with Crippen LogP contribution in [0, 0.1) is 5.92 Å². The molecule has 2 aliphatic heterocycles. The maximum Gasteiger partial charge on any atom is 0.223 e. The van der Waals surface area contributed by atoms with Crippen LogP contribution in [0.1, 0.15) is 19.3 Å². The second kappa shape index (κ2) is 8.49. The summed E-state index contributed by atoms with van der Waals surface area (Å²) in [6, 6.07) is 10.6. The van der Waals surface area contributed by atoms with Crippen molar-refractivity contribution >= 4 is 11.6 Å². The molecule has 5 heteroatoms. The Labute approximate surface area is 145 Å². The fourth-order valence-electron chi connectivity index (χ4n) is 3.70. The van der Waals surface area contributed by atoms with E-state index in [0.29, 0.717) is 18.2 Å². The third-order valence-corrected chi connectivity index (χ3v) is 5.44. The van der Waals surface area contributed by atoms with Crippen LogP contribution in [0.3, 0.4) is 0 Å². The van der Waals surface area contributed by atoms with Gasteiger partial charge in [-0.15, -0.1) is 0 Å². The molecular weight excluding hydrogens is 300 g/mol. The number of amides is 1. The van der Waals surface area contributed by atoms with Crippen molar-refractivity contribution < 1.29 is 4.79 Å². The van der Waals surface area contributed by atoms with Crippen LogP contribution in [0.2, 0.25) is 0 Å². The van der Waals surface area contributed by atoms with Crippen LogP contribution < -0.4 is 10.6 Å². The summed E-state index contributed by atoms with van der Waals surface area (Å²) in [6.45, 7) is 7.59. The lowest BCUT2D eigenvalue weighted by molar-refractivity contribution is -0.132. The number of carbonyl (C=O) groups excluding carboxylic acids is 1. The molecule has 2 N–H and O–H groups in total. The van der Waals surface area contributed by atoms with Gasteiger partial charge in [-0.05, 0) is 37.4 Å². The van der Waals surface area contributed by atoms with Gasteiger partial charge in [0.05, 0.1) is 0 Å². The number of likely N-dealkylation sites (tertiary alicyclic amines) is 1. The first kappa shape index (κ1) is 17.2. The lowest BCUT2D eigenvalue weighted by atomic mass is 9.97. The van der Waals surface area contributed by atoms with E-state index < -0.39 is 0 Å². The monoisotopic (exact) mass is 330 g/mol. The summed E-state index contributed by atoms with van der Waals surface area (Å²) < 4.78 is 0. The Morgan fingerprint density at radius 2 is 1.67 bits per heavy atom. The number of anilines is 1. The lowest BCUT2D eigenvalue weighted by Gasteiger charge is -2.36. The van der Waals surface area contributed by atoms with Crippen LogP contribution >= 0.6 is 0 Å². The van der Waals surface area contributed by atoms with E-state index in [0.717, 1.165) is 65.2 Å². The van der Waals surface area contributed by atoms with Gasteiger partial charge in [0.15, 0.2) is 0 Å². The summed E-state index contributed by atoms with van der Waals surface area (Å²) in [6.07, 6.45) is 2.79. The predicted molar refractivity (Wildman–Crippen MR) is 98.1 cm³/mol. The summed E-state index contributed by atoms with van der Waals surface area (Å²) in [5.74, 6) is 0.927. The molecule has 1 aromatic rings. The quantitative estimate of drug-likeness (QED) is 0.887. The Hall–Kier alpha value is -1.59. The minimum Gasteiger partial charge on any atom is -0.369 e. The average Bonchev–Trinajstić information content (AvgIpc) is 2.67. The fourth-order valence-corrected chi connectivity index (χ4v) is 3.70. The first-order valence-corrected chi connectivity index (χ1v) is 9.26. The highest BCUT2D eigenvalue weighted by molar-refractivity contribution is 5.76.